The number of nitrogens with one attached hydrogen (secondary N) is 1. The van der Waals surface area contributed by atoms with Crippen LogP contribution in [0.25, 0.3) is 0 Å². The topological polar surface area (TPSA) is 50.8 Å². The van der Waals surface area contributed by atoms with E-state index in [9.17, 15) is 4.79 Å². The third-order valence-corrected chi connectivity index (χ3v) is 4.57. The zero-order valence-electron chi connectivity index (χ0n) is 14.6. The fourth-order valence-electron chi connectivity index (χ4n) is 3.41. The fraction of sp³-hybridized carbons (Fsp3) is 0.941. The van der Waals surface area contributed by atoms with E-state index in [4.69, 9.17) is 9.47 Å². The minimum Gasteiger partial charge on any atom is -0.444 e. The van der Waals surface area contributed by atoms with E-state index in [-0.39, 0.29) is 6.09 Å². The van der Waals surface area contributed by atoms with Gasteiger partial charge in [-0.2, -0.15) is 0 Å². The van der Waals surface area contributed by atoms with Crippen molar-refractivity contribution in [2.24, 2.45) is 0 Å². The van der Waals surface area contributed by atoms with Gasteiger partial charge in [0.15, 0.2) is 0 Å². The van der Waals surface area contributed by atoms with Crippen LogP contribution in [0.2, 0.25) is 0 Å². The molecule has 5 heteroatoms. The van der Waals surface area contributed by atoms with Crippen LogP contribution >= 0.6 is 0 Å². The van der Waals surface area contributed by atoms with Crippen molar-refractivity contribution >= 4 is 6.09 Å². The second kappa shape index (κ2) is 7.64. The van der Waals surface area contributed by atoms with Crippen molar-refractivity contribution in [1.82, 2.24) is 10.2 Å². The lowest BCUT2D eigenvalue weighted by Crippen LogP contribution is -2.39. The van der Waals surface area contributed by atoms with E-state index in [2.05, 4.69) is 5.32 Å². The molecule has 3 unspecified atom stereocenters. The van der Waals surface area contributed by atoms with Crippen molar-refractivity contribution in [1.29, 1.82) is 0 Å². The molecule has 128 valence electrons. The van der Waals surface area contributed by atoms with Crippen LogP contribution in [0.15, 0.2) is 0 Å². The Bertz CT molecular complexity index is 367. The zero-order valence-corrected chi connectivity index (χ0v) is 14.6. The zero-order chi connectivity index (χ0) is 16.2. The van der Waals surface area contributed by atoms with Gasteiger partial charge in [-0.05, 0) is 59.3 Å². The predicted molar refractivity (Wildman–Crippen MR) is 87.0 cm³/mol. The number of amides is 1. The van der Waals surface area contributed by atoms with Gasteiger partial charge in [0.1, 0.15) is 5.60 Å². The van der Waals surface area contributed by atoms with Gasteiger partial charge < -0.3 is 19.7 Å². The molecule has 1 aliphatic carbocycles. The molecule has 2 fully saturated rings. The van der Waals surface area contributed by atoms with Crippen molar-refractivity contribution in [2.75, 3.05) is 20.2 Å². The Hall–Kier alpha value is -0.810. The molecule has 0 spiro atoms. The maximum atomic E-state index is 12.2. The molecule has 1 amide bonds. The number of hydrogen-bond acceptors (Lipinski definition) is 4. The van der Waals surface area contributed by atoms with Gasteiger partial charge in [-0.25, -0.2) is 4.79 Å². The average molecular weight is 312 g/mol. The van der Waals surface area contributed by atoms with Gasteiger partial charge in [-0.15, -0.1) is 0 Å². The number of methoxy groups -OCH3 is 1. The first-order valence-corrected chi connectivity index (χ1v) is 8.64. The Labute approximate surface area is 134 Å². The SMILES string of the molecule is COC1CCC(NC2CCCN(C(=O)OC(C)(C)C)CC2)C1. The first-order valence-electron chi connectivity index (χ1n) is 8.64. The highest BCUT2D eigenvalue weighted by Gasteiger charge is 2.29. The Morgan fingerprint density at radius 2 is 1.86 bits per heavy atom. The molecule has 0 aromatic rings. The van der Waals surface area contributed by atoms with E-state index in [1.807, 2.05) is 25.7 Å². The largest absolute Gasteiger partial charge is 0.444 e. The Kier molecular flexibility index (Phi) is 6.09. The van der Waals surface area contributed by atoms with E-state index in [0.29, 0.717) is 18.2 Å². The molecule has 5 nitrogen and oxygen atoms in total. The third kappa shape index (κ3) is 5.43. The summed E-state index contributed by atoms with van der Waals surface area (Å²) in [7, 11) is 1.80. The van der Waals surface area contributed by atoms with Crippen molar-refractivity contribution in [3.8, 4) is 0 Å². The normalized spacial score (nSPS) is 30.2. The molecule has 22 heavy (non-hydrogen) atoms. The molecule has 1 aliphatic heterocycles. The van der Waals surface area contributed by atoms with E-state index in [1.165, 1.54) is 6.42 Å². The van der Waals surface area contributed by atoms with Crippen LogP contribution in [0.4, 0.5) is 4.79 Å². The number of hydrogen-bond donors (Lipinski definition) is 1. The number of nitrogens with zero attached hydrogens (tertiary/aromatic N) is 1. The Morgan fingerprint density at radius 3 is 2.50 bits per heavy atom. The molecule has 3 atom stereocenters. The highest BCUT2D eigenvalue weighted by atomic mass is 16.6. The van der Waals surface area contributed by atoms with Crippen LogP contribution in [0.3, 0.4) is 0 Å². The van der Waals surface area contributed by atoms with E-state index >= 15 is 0 Å². The number of ether oxygens (including phenoxy) is 2. The maximum Gasteiger partial charge on any atom is 0.410 e. The summed E-state index contributed by atoms with van der Waals surface area (Å²) in [6, 6.07) is 1.08. The highest BCUT2D eigenvalue weighted by molar-refractivity contribution is 5.68. The lowest BCUT2D eigenvalue weighted by Gasteiger charge is -2.26. The second-order valence-corrected chi connectivity index (χ2v) is 7.63. The first kappa shape index (κ1) is 17.5. The summed E-state index contributed by atoms with van der Waals surface area (Å²) in [5, 5.41) is 3.77. The Morgan fingerprint density at radius 1 is 1.09 bits per heavy atom. The summed E-state index contributed by atoms with van der Waals surface area (Å²) in [4.78, 5) is 14.0. The lowest BCUT2D eigenvalue weighted by molar-refractivity contribution is 0.0256. The van der Waals surface area contributed by atoms with E-state index in [0.717, 1.165) is 45.2 Å². The second-order valence-electron chi connectivity index (χ2n) is 7.63. The minimum absolute atomic E-state index is 0.173. The number of likely N-dealkylation sites (tertiary alicyclic amines) is 1. The van der Waals surface area contributed by atoms with Crippen molar-refractivity contribution in [2.45, 2.75) is 83.1 Å². The minimum atomic E-state index is -0.417. The summed E-state index contributed by atoms with van der Waals surface area (Å²) in [6.45, 7) is 7.34. The lowest BCUT2D eigenvalue weighted by atomic mass is 10.1. The molecule has 2 rings (SSSR count). The molecule has 1 saturated carbocycles. The molecule has 1 heterocycles. The quantitative estimate of drug-likeness (QED) is 0.870. The van der Waals surface area contributed by atoms with Crippen molar-refractivity contribution in [3.05, 3.63) is 0 Å². The Balaban J connectivity index is 1.76. The molecule has 0 aromatic heterocycles. The van der Waals surface area contributed by atoms with Crippen LogP contribution in [0, 0.1) is 0 Å². The third-order valence-electron chi connectivity index (χ3n) is 4.57. The van der Waals surface area contributed by atoms with Crippen LogP contribution < -0.4 is 5.32 Å². The molecule has 0 radical (unpaired) electrons. The average Bonchev–Trinajstić information content (AvgIpc) is 2.74. The van der Waals surface area contributed by atoms with Crippen LogP contribution in [0.5, 0.6) is 0 Å². The van der Waals surface area contributed by atoms with Crippen LogP contribution in [-0.2, 0) is 9.47 Å². The molecular weight excluding hydrogens is 280 g/mol. The summed E-state index contributed by atoms with van der Waals surface area (Å²) in [6.07, 6.45) is 6.89. The molecule has 0 bridgehead atoms. The molecule has 2 aliphatic rings. The predicted octanol–water partition coefficient (Wildman–Crippen LogP) is 2.93. The molecule has 0 aromatic carbocycles. The standard InChI is InChI=1S/C17H32N2O3/c1-17(2,3)22-16(20)19-10-5-6-13(9-11-19)18-14-7-8-15(12-14)21-4/h13-15,18H,5-12H2,1-4H3. The number of carbonyl (C=O) groups is 1. The van der Waals surface area contributed by atoms with Crippen LogP contribution in [-0.4, -0.2) is 55.0 Å². The van der Waals surface area contributed by atoms with Gasteiger partial charge in [0.25, 0.3) is 0 Å². The van der Waals surface area contributed by atoms with E-state index in [1.54, 1.807) is 7.11 Å². The molecule has 1 N–H and O–H groups in total. The van der Waals surface area contributed by atoms with Gasteiger partial charge >= 0.3 is 6.09 Å². The van der Waals surface area contributed by atoms with Gasteiger partial charge in [-0.3, -0.25) is 0 Å². The maximum absolute atomic E-state index is 12.2. The molecular formula is C17H32N2O3. The summed E-state index contributed by atoms with van der Waals surface area (Å²) in [5.41, 5.74) is -0.417. The van der Waals surface area contributed by atoms with Crippen molar-refractivity contribution < 1.29 is 14.3 Å². The van der Waals surface area contributed by atoms with Gasteiger partial charge in [0.2, 0.25) is 0 Å². The smallest absolute Gasteiger partial charge is 0.410 e. The van der Waals surface area contributed by atoms with Crippen molar-refractivity contribution in [3.63, 3.8) is 0 Å². The highest BCUT2D eigenvalue weighted by Crippen LogP contribution is 2.23. The summed E-state index contributed by atoms with van der Waals surface area (Å²) >= 11 is 0. The van der Waals surface area contributed by atoms with E-state index < -0.39 is 5.60 Å². The number of carbonyl (C=O) groups excluding carboxylic acids is 1. The fourth-order valence-corrected chi connectivity index (χ4v) is 3.41. The van der Waals surface area contributed by atoms with Gasteiger partial charge in [0.05, 0.1) is 6.10 Å². The van der Waals surface area contributed by atoms with Gasteiger partial charge in [0, 0.05) is 32.3 Å². The first-order chi connectivity index (χ1) is 10.4. The molecule has 1 saturated heterocycles. The monoisotopic (exact) mass is 312 g/mol. The summed E-state index contributed by atoms with van der Waals surface area (Å²) in [5.74, 6) is 0. The van der Waals surface area contributed by atoms with Gasteiger partial charge in [-0.1, -0.05) is 0 Å². The van der Waals surface area contributed by atoms with Crippen LogP contribution in [0.1, 0.15) is 59.3 Å². The summed E-state index contributed by atoms with van der Waals surface area (Å²) < 4.78 is 10.9. The number of rotatable bonds is 3.